The van der Waals surface area contributed by atoms with Crippen LogP contribution in [0, 0.1) is 25.2 Å². The lowest BCUT2D eigenvalue weighted by Crippen LogP contribution is -2.07. The van der Waals surface area contributed by atoms with Crippen molar-refractivity contribution in [2.24, 2.45) is 0 Å². The van der Waals surface area contributed by atoms with Crippen LogP contribution in [-0.4, -0.2) is 4.98 Å². The zero-order valence-corrected chi connectivity index (χ0v) is 12.1. The summed E-state index contributed by atoms with van der Waals surface area (Å²) in [4.78, 5) is 4.87. The first-order valence-electron chi connectivity index (χ1n) is 6.04. The van der Waals surface area contributed by atoms with Gasteiger partial charge in [-0.25, -0.2) is 4.98 Å². The van der Waals surface area contributed by atoms with Gasteiger partial charge in [0.2, 0.25) is 0 Å². The molecule has 0 spiro atoms. The van der Waals surface area contributed by atoms with Crippen molar-refractivity contribution >= 4 is 11.8 Å². The highest BCUT2D eigenvalue weighted by molar-refractivity contribution is 7.99. The Kier molecular flexibility index (Phi) is 4.24. The summed E-state index contributed by atoms with van der Waals surface area (Å²) in [5, 5.41) is 9.58. The maximum absolute atomic E-state index is 12.7. The van der Waals surface area contributed by atoms with Gasteiger partial charge in [-0.15, -0.1) is 0 Å². The van der Waals surface area contributed by atoms with Crippen LogP contribution in [0.25, 0.3) is 0 Å². The Morgan fingerprint density at radius 2 is 1.86 bits per heavy atom. The first-order chi connectivity index (χ1) is 9.79. The molecule has 0 saturated heterocycles. The van der Waals surface area contributed by atoms with Crippen molar-refractivity contribution in [3.63, 3.8) is 0 Å². The zero-order chi connectivity index (χ0) is 15.6. The summed E-state index contributed by atoms with van der Waals surface area (Å²) in [6.07, 6.45) is -4.52. The van der Waals surface area contributed by atoms with E-state index in [9.17, 15) is 13.2 Å². The number of hydrogen-bond acceptors (Lipinski definition) is 3. The van der Waals surface area contributed by atoms with Crippen LogP contribution in [0.5, 0.6) is 0 Å². The molecule has 0 amide bonds. The topological polar surface area (TPSA) is 36.7 Å². The van der Waals surface area contributed by atoms with Crippen LogP contribution in [0.1, 0.15) is 22.4 Å². The van der Waals surface area contributed by atoms with Gasteiger partial charge >= 0.3 is 6.18 Å². The van der Waals surface area contributed by atoms with Crippen LogP contribution in [0.2, 0.25) is 0 Å². The average molecular weight is 308 g/mol. The second-order valence-electron chi connectivity index (χ2n) is 4.54. The Morgan fingerprint density at radius 3 is 2.43 bits per heavy atom. The van der Waals surface area contributed by atoms with E-state index in [0.717, 1.165) is 17.3 Å². The number of aryl methyl sites for hydroxylation is 2. The monoisotopic (exact) mass is 308 g/mol. The molecular weight excluding hydrogens is 297 g/mol. The first-order valence-corrected chi connectivity index (χ1v) is 6.86. The van der Waals surface area contributed by atoms with Crippen LogP contribution >= 0.6 is 11.8 Å². The van der Waals surface area contributed by atoms with Gasteiger partial charge in [-0.1, -0.05) is 11.8 Å². The normalized spacial score (nSPS) is 11.2. The molecule has 0 aliphatic heterocycles. The number of nitriles is 1. The Bertz CT molecular complexity index is 698. The molecule has 0 bridgehead atoms. The molecule has 0 aliphatic rings. The molecule has 1 aromatic heterocycles. The maximum Gasteiger partial charge on any atom is 0.417 e. The van der Waals surface area contributed by atoms with Crippen molar-refractivity contribution in [1.29, 1.82) is 5.26 Å². The van der Waals surface area contributed by atoms with Gasteiger partial charge in [0.05, 0.1) is 17.2 Å². The van der Waals surface area contributed by atoms with Gasteiger partial charge in [0.25, 0.3) is 0 Å². The lowest BCUT2D eigenvalue weighted by molar-refractivity contribution is -0.137. The van der Waals surface area contributed by atoms with Gasteiger partial charge in [0, 0.05) is 10.6 Å². The molecule has 21 heavy (non-hydrogen) atoms. The molecule has 0 unspecified atom stereocenters. The number of alkyl halides is 3. The van der Waals surface area contributed by atoms with Crippen molar-refractivity contribution in [2.75, 3.05) is 0 Å². The minimum Gasteiger partial charge on any atom is -0.246 e. The Hall–Kier alpha value is -2.00. The molecule has 0 atom stereocenters. The minimum absolute atomic E-state index is 0.378. The maximum atomic E-state index is 12.7. The third kappa shape index (κ3) is 3.76. The summed E-state index contributed by atoms with van der Waals surface area (Å²) in [5.74, 6) is 0. The molecule has 0 N–H and O–H groups in total. The molecule has 6 heteroatoms. The average Bonchev–Trinajstić information content (AvgIpc) is 2.36. The minimum atomic E-state index is -4.52. The lowest BCUT2D eigenvalue weighted by atomic mass is 10.1. The van der Waals surface area contributed by atoms with Crippen LogP contribution in [0.4, 0.5) is 13.2 Å². The molecule has 0 saturated carbocycles. The Morgan fingerprint density at radius 1 is 1.14 bits per heavy atom. The van der Waals surface area contributed by atoms with Crippen LogP contribution < -0.4 is 0 Å². The number of halogens is 3. The third-order valence-electron chi connectivity index (χ3n) is 2.71. The SMILES string of the molecule is Cc1cc(C)nc(Sc2ccc(C(F)(F)F)c(C#N)c2)c1. The molecule has 2 aromatic rings. The van der Waals surface area contributed by atoms with E-state index in [0.29, 0.717) is 9.92 Å². The summed E-state index contributed by atoms with van der Waals surface area (Å²) in [7, 11) is 0. The second-order valence-corrected chi connectivity index (χ2v) is 5.64. The van der Waals surface area contributed by atoms with Gasteiger partial charge < -0.3 is 0 Å². The Balaban J connectivity index is 2.36. The number of hydrogen-bond donors (Lipinski definition) is 0. The van der Waals surface area contributed by atoms with Crippen molar-refractivity contribution in [1.82, 2.24) is 4.98 Å². The second kappa shape index (κ2) is 5.78. The molecule has 108 valence electrons. The van der Waals surface area contributed by atoms with Crippen LogP contribution in [-0.2, 0) is 6.18 Å². The lowest BCUT2D eigenvalue weighted by Gasteiger charge is -2.10. The van der Waals surface area contributed by atoms with Gasteiger partial charge in [-0.2, -0.15) is 18.4 Å². The number of aromatic nitrogens is 1. The third-order valence-corrected chi connectivity index (χ3v) is 3.62. The fourth-order valence-electron chi connectivity index (χ4n) is 1.90. The molecule has 0 aliphatic carbocycles. The molecule has 2 nitrogen and oxygen atoms in total. The molecule has 2 rings (SSSR count). The molecule has 1 aromatic carbocycles. The van der Waals surface area contributed by atoms with Crippen LogP contribution in [0.15, 0.2) is 40.3 Å². The van der Waals surface area contributed by atoms with Crippen molar-refractivity contribution in [3.05, 3.63) is 52.7 Å². The van der Waals surface area contributed by atoms with Crippen molar-refractivity contribution < 1.29 is 13.2 Å². The van der Waals surface area contributed by atoms with Gasteiger partial charge in [0.1, 0.15) is 5.03 Å². The largest absolute Gasteiger partial charge is 0.417 e. The van der Waals surface area contributed by atoms with E-state index in [1.807, 2.05) is 26.0 Å². The highest BCUT2D eigenvalue weighted by Gasteiger charge is 2.33. The quantitative estimate of drug-likeness (QED) is 0.804. The summed E-state index contributed by atoms with van der Waals surface area (Å²) < 4.78 is 38.2. The van der Waals surface area contributed by atoms with Gasteiger partial charge in [0.15, 0.2) is 0 Å². The van der Waals surface area contributed by atoms with Gasteiger partial charge in [-0.05, 0) is 49.7 Å². The van der Waals surface area contributed by atoms with Gasteiger partial charge in [-0.3, -0.25) is 0 Å². The number of benzene rings is 1. The fourth-order valence-corrected chi connectivity index (χ4v) is 2.89. The predicted molar refractivity (Wildman–Crippen MR) is 74.0 cm³/mol. The van der Waals surface area contributed by atoms with Crippen LogP contribution in [0.3, 0.4) is 0 Å². The summed E-state index contributed by atoms with van der Waals surface area (Å²) in [5.41, 5.74) is 0.571. The molecule has 1 heterocycles. The summed E-state index contributed by atoms with van der Waals surface area (Å²) >= 11 is 1.24. The standard InChI is InChI=1S/C15H11F3N2S/c1-9-5-10(2)20-14(6-9)21-12-3-4-13(15(16,17)18)11(7-12)8-19/h3-7H,1-2H3. The highest BCUT2D eigenvalue weighted by Crippen LogP contribution is 2.35. The van der Waals surface area contributed by atoms with E-state index in [1.165, 1.54) is 23.9 Å². The fraction of sp³-hybridized carbons (Fsp3) is 0.200. The zero-order valence-electron chi connectivity index (χ0n) is 11.3. The summed E-state index contributed by atoms with van der Waals surface area (Å²) in [6, 6.07) is 8.89. The van der Waals surface area contributed by atoms with E-state index in [4.69, 9.17) is 5.26 Å². The number of nitrogens with zero attached hydrogens (tertiary/aromatic N) is 2. The summed E-state index contributed by atoms with van der Waals surface area (Å²) in [6.45, 7) is 3.77. The first kappa shape index (κ1) is 15.4. The number of rotatable bonds is 2. The van der Waals surface area contributed by atoms with E-state index in [-0.39, 0.29) is 5.56 Å². The van der Waals surface area contributed by atoms with E-state index >= 15 is 0 Å². The van der Waals surface area contributed by atoms with E-state index in [1.54, 1.807) is 6.07 Å². The van der Waals surface area contributed by atoms with E-state index < -0.39 is 11.7 Å². The van der Waals surface area contributed by atoms with Crippen molar-refractivity contribution in [3.8, 4) is 6.07 Å². The Labute approximate surface area is 124 Å². The molecule has 0 radical (unpaired) electrons. The molecule has 0 fully saturated rings. The smallest absolute Gasteiger partial charge is 0.246 e. The highest BCUT2D eigenvalue weighted by atomic mass is 32.2. The predicted octanol–water partition coefficient (Wildman–Crippen LogP) is 4.74. The number of pyridine rings is 1. The van der Waals surface area contributed by atoms with E-state index in [2.05, 4.69) is 4.98 Å². The molecular formula is C15H11F3N2S. The van der Waals surface area contributed by atoms with Crippen molar-refractivity contribution in [2.45, 2.75) is 29.9 Å².